The van der Waals surface area contributed by atoms with Crippen molar-refractivity contribution in [3.8, 4) is 0 Å². The number of rotatable bonds is 4. The van der Waals surface area contributed by atoms with Gasteiger partial charge in [0.15, 0.2) is 5.96 Å². The van der Waals surface area contributed by atoms with Gasteiger partial charge in [-0.2, -0.15) is 11.8 Å². The molecule has 1 aliphatic rings. The second kappa shape index (κ2) is 9.02. The van der Waals surface area contributed by atoms with Gasteiger partial charge in [-0.15, -0.1) is 35.3 Å². The van der Waals surface area contributed by atoms with E-state index in [0.29, 0.717) is 5.96 Å². The van der Waals surface area contributed by atoms with E-state index in [-0.39, 0.29) is 24.0 Å². The summed E-state index contributed by atoms with van der Waals surface area (Å²) in [7, 11) is 0. The number of guanidine groups is 1. The van der Waals surface area contributed by atoms with Gasteiger partial charge in [0.1, 0.15) is 0 Å². The van der Waals surface area contributed by atoms with Crippen molar-refractivity contribution in [3.05, 3.63) is 16.1 Å². The van der Waals surface area contributed by atoms with Crippen LogP contribution >= 0.6 is 47.1 Å². The molecule has 108 valence electrons. The van der Waals surface area contributed by atoms with Crippen molar-refractivity contribution >= 4 is 53.0 Å². The van der Waals surface area contributed by atoms with E-state index < -0.39 is 0 Å². The number of aryl methyl sites for hydroxylation is 1. The molecule has 1 saturated heterocycles. The molecule has 0 saturated carbocycles. The lowest BCUT2D eigenvalue weighted by atomic mass is 10.4. The molecule has 0 amide bonds. The van der Waals surface area contributed by atoms with Gasteiger partial charge in [-0.05, 0) is 6.42 Å². The molecular weight excluding hydrogens is 391 g/mol. The van der Waals surface area contributed by atoms with Crippen LogP contribution in [0.25, 0.3) is 0 Å². The first kappa shape index (κ1) is 17.0. The fraction of sp³-hybridized carbons (Fsp3) is 0.667. The molecule has 0 aliphatic carbocycles. The number of nitrogens with zero attached hydrogens (tertiary/aromatic N) is 3. The highest BCUT2D eigenvalue weighted by atomic mass is 127. The predicted molar refractivity (Wildman–Crippen MR) is 96.0 cm³/mol. The molecule has 0 spiro atoms. The minimum absolute atomic E-state index is 0. The van der Waals surface area contributed by atoms with Gasteiger partial charge in [0, 0.05) is 48.6 Å². The highest BCUT2D eigenvalue weighted by Gasteiger charge is 2.11. The summed E-state index contributed by atoms with van der Waals surface area (Å²) in [6, 6.07) is 0. The van der Waals surface area contributed by atoms with Crippen LogP contribution in [0.3, 0.4) is 0 Å². The lowest BCUT2D eigenvalue weighted by molar-refractivity contribution is 0.456. The van der Waals surface area contributed by atoms with Crippen molar-refractivity contribution in [1.82, 2.24) is 9.88 Å². The topological polar surface area (TPSA) is 54.5 Å². The lowest BCUT2D eigenvalue weighted by Crippen LogP contribution is -2.42. The third-order valence-corrected chi connectivity index (χ3v) is 5.03. The van der Waals surface area contributed by atoms with Crippen LogP contribution in [0.4, 0.5) is 0 Å². The summed E-state index contributed by atoms with van der Waals surface area (Å²) in [5.74, 6) is 3.01. The predicted octanol–water partition coefficient (Wildman–Crippen LogP) is 2.23. The first-order chi connectivity index (χ1) is 8.79. The molecule has 0 atom stereocenters. The van der Waals surface area contributed by atoms with Gasteiger partial charge < -0.3 is 10.6 Å². The van der Waals surface area contributed by atoms with Crippen LogP contribution in [-0.4, -0.2) is 47.0 Å². The summed E-state index contributed by atoms with van der Waals surface area (Å²) in [6.45, 7) is 4.95. The Morgan fingerprint density at radius 1 is 1.47 bits per heavy atom. The Labute approximate surface area is 140 Å². The van der Waals surface area contributed by atoms with Crippen molar-refractivity contribution in [3.63, 3.8) is 0 Å². The molecule has 1 aromatic rings. The monoisotopic (exact) mass is 412 g/mol. The van der Waals surface area contributed by atoms with Crippen LogP contribution in [0.5, 0.6) is 0 Å². The second-order valence-electron chi connectivity index (χ2n) is 4.16. The molecule has 1 aromatic heterocycles. The van der Waals surface area contributed by atoms with E-state index in [4.69, 9.17) is 5.73 Å². The number of halogens is 1. The Kier molecular flexibility index (Phi) is 8.08. The van der Waals surface area contributed by atoms with E-state index in [1.54, 1.807) is 11.3 Å². The molecular formula is C12H21IN4S2. The minimum Gasteiger partial charge on any atom is -0.370 e. The zero-order valence-electron chi connectivity index (χ0n) is 11.2. The normalized spacial score (nSPS) is 16.3. The van der Waals surface area contributed by atoms with Crippen LogP contribution in [0, 0.1) is 0 Å². The number of hydrogen-bond acceptors (Lipinski definition) is 4. The molecule has 1 fully saturated rings. The van der Waals surface area contributed by atoms with E-state index in [2.05, 4.69) is 21.8 Å². The molecule has 4 nitrogen and oxygen atoms in total. The van der Waals surface area contributed by atoms with Gasteiger partial charge in [0.2, 0.25) is 0 Å². The van der Waals surface area contributed by atoms with E-state index in [9.17, 15) is 0 Å². The quantitative estimate of drug-likeness (QED) is 0.468. The second-order valence-corrected chi connectivity index (χ2v) is 6.59. The number of nitrogens with two attached hydrogens (primary N) is 1. The zero-order valence-corrected chi connectivity index (χ0v) is 15.1. The van der Waals surface area contributed by atoms with E-state index in [0.717, 1.165) is 49.0 Å². The summed E-state index contributed by atoms with van der Waals surface area (Å²) in [5.41, 5.74) is 5.99. The molecule has 7 heteroatoms. The number of hydrogen-bond donors (Lipinski definition) is 1. The summed E-state index contributed by atoms with van der Waals surface area (Å²) >= 11 is 3.76. The van der Waals surface area contributed by atoms with Crippen LogP contribution in [0.1, 0.15) is 16.8 Å². The standard InChI is InChI=1S/C12H20N4S2.HI/c1-2-10-9-15-11(18-10)3-4-14-12(13)16-5-7-17-8-6-16;/h9H,2-8H2,1H3,(H2,13,14);1H. The van der Waals surface area contributed by atoms with Gasteiger partial charge in [-0.3, -0.25) is 4.99 Å². The maximum atomic E-state index is 5.99. The average molecular weight is 412 g/mol. The van der Waals surface area contributed by atoms with Crippen molar-refractivity contribution in [2.45, 2.75) is 19.8 Å². The first-order valence-electron chi connectivity index (χ1n) is 6.35. The van der Waals surface area contributed by atoms with Crippen molar-refractivity contribution < 1.29 is 0 Å². The molecule has 19 heavy (non-hydrogen) atoms. The maximum Gasteiger partial charge on any atom is 0.191 e. The average Bonchev–Trinajstić information content (AvgIpc) is 2.87. The lowest BCUT2D eigenvalue weighted by Gasteiger charge is -2.27. The summed E-state index contributed by atoms with van der Waals surface area (Å²) < 4.78 is 0. The maximum absolute atomic E-state index is 5.99. The Bertz CT molecular complexity index is 402. The largest absolute Gasteiger partial charge is 0.370 e. The van der Waals surface area contributed by atoms with Gasteiger partial charge in [0.25, 0.3) is 0 Å². The highest BCUT2D eigenvalue weighted by molar-refractivity contribution is 14.0. The number of thioether (sulfide) groups is 1. The number of aromatic nitrogens is 1. The Morgan fingerprint density at radius 2 is 2.21 bits per heavy atom. The van der Waals surface area contributed by atoms with E-state index in [1.165, 1.54) is 4.88 Å². The number of thiazole rings is 1. The Balaban J connectivity index is 0.00000180. The van der Waals surface area contributed by atoms with E-state index in [1.807, 2.05) is 18.0 Å². The fourth-order valence-electron chi connectivity index (χ4n) is 1.79. The SMILES string of the molecule is CCc1cnc(CCN=C(N)N2CCSCC2)s1.I. The van der Waals surface area contributed by atoms with Crippen LogP contribution in [0.2, 0.25) is 0 Å². The van der Waals surface area contributed by atoms with Gasteiger partial charge in [-0.1, -0.05) is 6.92 Å². The molecule has 1 aliphatic heterocycles. The molecule has 2 heterocycles. The van der Waals surface area contributed by atoms with Crippen LogP contribution < -0.4 is 5.73 Å². The van der Waals surface area contributed by atoms with E-state index >= 15 is 0 Å². The first-order valence-corrected chi connectivity index (χ1v) is 8.33. The van der Waals surface area contributed by atoms with Crippen molar-refractivity contribution in [1.29, 1.82) is 0 Å². The fourth-order valence-corrected chi connectivity index (χ4v) is 3.54. The molecule has 0 bridgehead atoms. The van der Waals surface area contributed by atoms with Crippen LogP contribution in [0.15, 0.2) is 11.2 Å². The summed E-state index contributed by atoms with van der Waals surface area (Å²) in [6.07, 6.45) is 3.93. The summed E-state index contributed by atoms with van der Waals surface area (Å²) in [4.78, 5) is 12.4. The van der Waals surface area contributed by atoms with Gasteiger partial charge in [0.05, 0.1) is 5.01 Å². The number of aliphatic imine (C=N–C) groups is 1. The molecule has 0 radical (unpaired) electrons. The smallest absolute Gasteiger partial charge is 0.191 e. The Morgan fingerprint density at radius 3 is 2.84 bits per heavy atom. The van der Waals surface area contributed by atoms with Crippen LogP contribution in [-0.2, 0) is 12.8 Å². The Hall–Kier alpha value is -0.0200. The summed E-state index contributed by atoms with van der Waals surface area (Å²) in [5, 5.41) is 1.16. The molecule has 2 rings (SSSR count). The van der Waals surface area contributed by atoms with Gasteiger partial charge >= 0.3 is 0 Å². The third-order valence-electron chi connectivity index (χ3n) is 2.88. The third kappa shape index (κ3) is 5.47. The van der Waals surface area contributed by atoms with Crippen molar-refractivity contribution in [2.24, 2.45) is 10.7 Å². The highest BCUT2D eigenvalue weighted by Crippen LogP contribution is 2.14. The molecule has 0 unspecified atom stereocenters. The molecule has 2 N–H and O–H groups in total. The zero-order chi connectivity index (χ0) is 12.8. The minimum atomic E-state index is 0. The van der Waals surface area contributed by atoms with Crippen molar-refractivity contribution in [2.75, 3.05) is 31.1 Å². The van der Waals surface area contributed by atoms with Gasteiger partial charge in [-0.25, -0.2) is 4.98 Å². The molecule has 0 aromatic carbocycles.